The number of aromatic amines is 1. The van der Waals surface area contributed by atoms with Crippen molar-refractivity contribution in [2.45, 2.75) is 6.42 Å². The van der Waals surface area contributed by atoms with Gasteiger partial charge in [-0.2, -0.15) is 5.10 Å². The summed E-state index contributed by atoms with van der Waals surface area (Å²) in [6.45, 7) is 0. The van der Waals surface area contributed by atoms with E-state index >= 15 is 0 Å². The van der Waals surface area contributed by atoms with Crippen molar-refractivity contribution in [1.29, 1.82) is 0 Å². The number of allylic oxidation sites excluding steroid dienone is 1. The molecule has 0 saturated carbocycles. The molecule has 0 aliphatic heterocycles. The molecule has 0 aliphatic carbocycles. The van der Waals surface area contributed by atoms with E-state index in [1.54, 1.807) is 12.3 Å². The van der Waals surface area contributed by atoms with E-state index in [0.29, 0.717) is 6.42 Å². The van der Waals surface area contributed by atoms with E-state index in [1.807, 2.05) is 66.9 Å². The molecule has 4 nitrogen and oxygen atoms in total. The number of hydrogen-bond acceptors (Lipinski definition) is 2. The molecule has 3 rings (SSSR count). The van der Waals surface area contributed by atoms with Gasteiger partial charge in [-0.1, -0.05) is 54.6 Å². The molecule has 0 bridgehead atoms. The Hall–Kier alpha value is -3.14. The molecule has 0 atom stereocenters. The predicted octanol–water partition coefficient (Wildman–Crippen LogP) is 3.53. The lowest BCUT2D eigenvalue weighted by Crippen LogP contribution is -2.19. The van der Waals surface area contributed by atoms with Crippen molar-refractivity contribution < 1.29 is 4.79 Å². The Morgan fingerprint density at radius 3 is 2.74 bits per heavy atom. The van der Waals surface area contributed by atoms with Gasteiger partial charge in [0.15, 0.2) is 0 Å². The van der Waals surface area contributed by atoms with E-state index in [0.717, 1.165) is 22.0 Å². The highest BCUT2D eigenvalue weighted by Crippen LogP contribution is 2.17. The lowest BCUT2D eigenvalue weighted by atomic mass is 10.1. The molecule has 0 fully saturated rings. The van der Waals surface area contributed by atoms with E-state index < -0.39 is 0 Å². The molecule has 3 aromatic rings. The molecule has 2 N–H and O–H groups in total. The number of nitrogens with zero attached hydrogens (tertiary/aromatic N) is 1. The monoisotopic (exact) mass is 303 g/mol. The molecular weight excluding hydrogens is 286 g/mol. The van der Waals surface area contributed by atoms with E-state index in [9.17, 15) is 4.79 Å². The second-order valence-electron chi connectivity index (χ2n) is 5.12. The third-order valence-electron chi connectivity index (χ3n) is 3.46. The normalized spacial score (nSPS) is 11.5. The van der Waals surface area contributed by atoms with Gasteiger partial charge < -0.3 is 4.98 Å². The summed E-state index contributed by atoms with van der Waals surface area (Å²) >= 11 is 0. The molecule has 0 saturated heterocycles. The molecule has 0 spiro atoms. The zero-order chi connectivity index (χ0) is 15.9. The number of hydrogen-bond donors (Lipinski definition) is 2. The molecule has 0 radical (unpaired) electrons. The van der Waals surface area contributed by atoms with Crippen LogP contribution in [0.5, 0.6) is 0 Å². The zero-order valence-electron chi connectivity index (χ0n) is 12.6. The minimum atomic E-state index is -0.140. The second-order valence-corrected chi connectivity index (χ2v) is 5.12. The first-order chi connectivity index (χ1) is 11.3. The molecule has 1 heterocycles. The van der Waals surface area contributed by atoms with Crippen LogP contribution in [-0.2, 0) is 11.2 Å². The Bertz CT molecular complexity index is 847. The van der Waals surface area contributed by atoms with Crippen molar-refractivity contribution >= 4 is 29.1 Å². The van der Waals surface area contributed by atoms with Crippen molar-refractivity contribution in [2.75, 3.05) is 0 Å². The Balaban J connectivity index is 1.53. The van der Waals surface area contributed by atoms with Crippen LogP contribution in [0.2, 0.25) is 0 Å². The molecule has 4 heteroatoms. The number of carbonyl (C=O) groups excluding carboxylic acids is 1. The largest absolute Gasteiger partial charge is 0.361 e. The standard InChI is InChI=1S/C19H17N3O/c23-19(13-16-14-20-18-11-5-4-10-17(16)18)22-21-12-6-9-15-7-2-1-3-8-15/h1-12,14,20H,13H2,(H,22,23)/b9-6+,21-12+. The van der Waals surface area contributed by atoms with E-state index in [-0.39, 0.29) is 5.91 Å². The van der Waals surface area contributed by atoms with Gasteiger partial charge in [0.1, 0.15) is 0 Å². The van der Waals surface area contributed by atoms with Crippen LogP contribution in [0.3, 0.4) is 0 Å². The summed E-state index contributed by atoms with van der Waals surface area (Å²) in [5.74, 6) is -0.140. The fraction of sp³-hybridized carbons (Fsp3) is 0.0526. The first-order valence-corrected chi connectivity index (χ1v) is 7.41. The smallest absolute Gasteiger partial charge is 0.244 e. The van der Waals surface area contributed by atoms with Gasteiger partial charge in [0.25, 0.3) is 0 Å². The van der Waals surface area contributed by atoms with Crippen molar-refractivity contribution in [2.24, 2.45) is 5.10 Å². The summed E-state index contributed by atoms with van der Waals surface area (Å²) in [7, 11) is 0. The quantitative estimate of drug-likeness (QED) is 0.550. The summed E-state index contributed by atoms with van der Waals surface area (Å²) in [6, 6.07) is 17.8. The maximum absolute atomic E-state index is 11.9. The highest BCUT2D eigenvalue weighted by molar-refractivity contribution is 5.89. The van der Waals surface area contributed by atoms with E-state index in [1.165, 1.54) is 0 Å². The summed E-state index contributed by atoms with van der Waals surface area (Å²) in [6.07, 6.45) is 7.45. The summed E-state index contributed by atoms with van der Waals surface area (Å²) in [5.41, 5.74) is 5.62. The summed E-state index contributed by atoms with van der Waals surface area (Å²) < 4.78 is 0. The van der Waals surface area contributed by atoms with Gasteiger partial charge in [-0.15, -0.1) is 0 Å². The Labute approximate surface area is 134 Å². The molecular formula is C19H17N3O. The molecule has 2 aromatic carbocycles. The number of hydrazone groups is 1. The number of aromatic nitrogens is 1. The molecule has 0 aliphatic rings. The molecule has 0 unspecified atom stereocenters. The number of rotatable bonds is 5. The lowest BCUT2D eigenvalue weighted by Gasteiger charge is -1.98. The Kier molecular flexibility index (Phi) is 4.64. The van der Waals surface area contributed by atoms with E-state index in [2.05, 4.69) is 15.5 Å². The van der Waals surface area contributed by atoms with Crippen LogP contribution < -0.4 is 5.43 Å². The first kappa shape index (κ1) is 14.8. The minimum Gasteiger partial charge on any atom is -0.361 e. The lowest BCUT2D eigenvalue weighted by molar-refractivity contribution is -0.120. The van der Waals surface area contributed by atoms with Gasteiger partial charge in [-0.3, -0.25) is 4.79 Å². The Morgan fingerprint density at radius 1 is 1.09 bits per heavy atom. The van der Waals surface area contributed by atoms with Crippen LogP contribution in [-0.4, -0.2) is 17.1 Å². The van der Waals surface area contributed by atoms with Gasteiger partial charge in [-0.05, 0) is 23.3 Å². The predicted molar refractivity (Wildman–Crippen MR) is 94.1 cm³/mol. The third kappa shape index (κ3) is 3.95. The zero-order valence-corrected chi connectivity index (χ0v) is 12.6. The summed E-state index contributed by atoms with van der Waals surface area (Å²) in [5, 5.41) is 4.99. The minimum absolute atomic E-state index is 0.140. The fourth-order valence-electron chi connectivity index (χ4n) is 2.36. The van der Waals surface area contributed by atoms with Crippen molar-refractivity contribution in [3.8, 4) is 0 Å². The molecule has 114 valence electrons. The van der Waals surface area contributed by atoms with Crippen molar-refractivity contribution in [3.63, 3.8) is 0 Å². The number of H-pyrrole nitrogens is 1. The highest BCUT2D eigenvalue weighted by Gasteiger charge is 2.07. The van der Waals surface area contributed by atoms with Crippen LogP contribution in [0.1, 0.15) is 11.1 Å². The first-order valence-electron chi connectivity index (χ1n) is 7.41. The fourth-order valence-corrected chi connectivity index (χ4v) is 2.36. The SMILES string of the molecule is O=C(Cc1c[nH]c2ccccc12)N/N=C/C=C/c1ccccc1. The average Bonchev–Trinajstić information content (AvgIpc) is 2.99. The molecule has 1 amide bonds. The van der Waals surface area contributed by atoms with Gasteiger partial charge >= 0.3 is 0 Å². The average molecular weight is 303 g/mol. The van der Waals surface area contributed by atoms with Crippen LogP contribution in [0, 0.1) is 0 Å². The van der Waals surface area contributed by atoms with Crippen LogP contribution in [0.15, 0.2) is 72.0 Å². The maximum Gasteiger partial charge on any atom is 0.244 e. The van der Waals surface area contributed by atoms with Crippen LogP contribution >= 0.6 is 0 Å². The number of carbonyl (C=O) groups is 1. The molecule has 23 heavy (non-hydrogen) atoms. The van der Waals surface area contributed by atoms with Crippen LogP contribution in [0.25, 0.3) is 17.0 Å². The number of para-hydroxylation sites is 1. The summed E-state index contributed by atoms with van der Waals surface area (Å²) in [4.78, 5) is 15.1. The second kappa shape index (κ2) is 7.22. The third-order valence-corrected chi connectivity index (χ3v) is 3.46. The van der Waals surface area contributed by atoms with Gasteiger partial charge in [0.05, 0.1) is 6.42 Å². The van der Waals surface area contributed by atoms with Gasteiger partial charge in [0.2, 0.25) is 5.91 Å². The molecule has 1 aromatic heterocycles. The van der Waals surface area contributed by atoms with Gasteiger partial charge in [-0.25, -0.2) is 5.43 Å². The highest BCUT2D eigenvalue weighted by atomic mass is 16.2. The number of benzene rings is 2. The number of nitrogens with one attached hydrogen (secondary N) is 2. The number of amides is 1. The maximum atomic E-state index is 11.9. The van der Waals surface area contributed by atoms with E-state index in [4.69, 9.17) is 0 Å². The van der Waals surface area contributed by atoms with Gasteiger partial charge in [0, 0.05) is 23.3 Å². The van der Waals surface area contributed by atoms with Crippen molar-refractivity contribution in [1.82, 2.24) is 10.4 Å². The topological polar surface area (TPSA) is 57.2 Å². The number of fused-ring (bicyclic) bond motifs is 1. The Morgan fingerprint density at radius 2 is 1.87 bits per heavy atom. The van der Waals surface area contributed by atoms with Crippen molar-refractivity contribution in [3.05, 3.63) is 78.0 Å². The van der Waals surface area contributed by atoms with Crippen LogP contribution in [0.4, 0.5) is 0 Å².